The quantitative estimate of drug-likeness (QED) is 0.109. The van der Waals surface area contributed by atoms with E-state index in [1.165, 1.54) is 36.0 Å². The maximum atomic E-state index is 13.1. The van der Waals surface area contributed by atoms with Crippen LogP contribution in [0.2, 0.25) is 0 Å². The number of hydrogen-bond acceptors (Lipinski definition) is 8. The van der Waals surface area contributed by atoms with Crippen LogP contribution in [0.1, 0.15) is 54.5 Å². The lowest BCUT2D eigenvalue weighted by Crippen LogP contribution is -2.13. The molecule has 1 heterocycles. The zero-order valence-corrected chi connectivity index (χ0v) is 23.0. The molecule has 0 N–H and O–H groups in total. The summed E-state index contributed by atoms with van der Waals surface area (Å²) in [5, 5.41) is 0.581. The van der Waals surface area contributed by atoms with E-state index in [0.29, 0.717) is 42.5 Å². The van der Waals surface area contributed by atoms with E-state index in [4.69, 9.17) is 8.92 Å². The first-order valence-corrected chi connectivity index (χ1v) is 15.1. The average molecular weight is 559 g/mol. The molecule has 0 atom stereocenters. The van der Waals surface area contributed by atoms with Gasteiger partial charge in [-0.05, 0) is 68.9 Å². The number of carbonyl (C=O) groups is 1. The molecule has 10 heteroatoms. The van der Waals surface area contributed by atoms with E-state index in [0.717, 1.165) is 41.6 Å². The molecule has 0 saturated carbocycles. The summed E-state index contributed by atoms with van der Waals surface area (Å²) in [5.74, 6) is 0.765. The first-order valence-electron chi connectivity index (χ1n) is 12.7. The smallest absolute Gasteiger partial charge is 0.296 e. The molecule has 1 aliphatic carbocycles. The summed E-state index contributed by atoms with van der Waals surface area (Å²) >= 11 is 1.45. The predicted molar refractivity (Wildman–Crippen MR) is 143 cm³/mol. The average Bonchev–Trinajstić information content (AvgIpc) is 3.38. The summed E-state index contributed by atoms with van der Waals surface area (Å²) in [6.45, 7) is 1.90. The molecule has 1 aromatic heterocycles. The summed E-state index contributed by atoms with van der Waals surface area (Å²) in [4.78, 5) is 21.8. The van der Waals surface area contributed by atoms with Gasteiger partial charge in [0.2, 0.25) is 5.88 Å². The van der Waals surface area contributed by atoms with Gasteiger partial charge in [-0.2, -0.15) is 13.4 Å². The number of unbranched alkanes of at least 4 members (excludes halogenated alkanes) is 2. The fourth-order valence-electron chi connectivity index (χ4n) is 4.05. The Morgan fingerprint density at radius 1 is 1.00 bits per heavy atom. The lowest BCUT2D eigenvalue weighted by atomic mass is 10.1. The number of thioether (sulfide) groups is 1. The van der Waals surface area contributed by atoms with Crippen molar-refractivity contribution in [2.75, 3.05) is 13.2 Å². The fraction of sp³-hybridized carbons (Fsp3) is 0.393. The standard InChI is InChI=1S/C28H31FN2O5S2/c1-20-9-15-24(16-10-20)38(33,34)36-17-4-2-3-6-23(32)18-35-27-25-7-5-8-26(25)30-28(31-27)37-19-21-11-13-22(29)14-12-21/h9-16H,2-8,17-19H2,1H3. The molecule has 0 radical (unpaired) electrons. The Labute approximate surface area is 227 Å². The van der Waals surface area contributed by atoms with Gasteiger partial charge >= 0.3 is 0 Å². The molecule has 3 aromatic rings. The molecule has 202 valence electrons. The first kappa shape index (κ1) is 28.2. The number of fused-ring (bicyclic) bond motifs is 1. The molecule has 0 spiro atoms. The predicted octanol–water partition coefficient (Wildman–Crippen LogP) is 5.62. The van der Waals surface area contributed by atoms with Gasteiger partial charge in [0.1, 0.15) is 12.4 Å². The molecule has 0 unspecified atom stereocenters. The number of benzene rings is 2. The summed E-state index contributed by atoms with van der Waals surface area (Å²) < 4.78 is 48.5. The Kier molecular flexibility index (Phi) is 9.87. The molecule has 7 nitrogen and oxygen atoms in total. The van der Waals surface area contributed by atoms with Crippen LogP contribution in [-0.4, -0.2) is 37.4 Å². The summed E-state index contributed by atoms with van der Waals surface area (Å²) in [5.41, 5.74) is 3.87. The van der Waals surface area contributed by atoms with Crippen LogP contribution < -0.4 is 4.74 Å². The van der Waals surface area contributed by atoms with Gasteiger partial charge in [-0.3, -0.25) is 8.98 Å². The lowest BCUT2D eigenvalue weighted by Gasteiger charge is -2.11. The van der Waals surface area contributed by atoms with Crippen molar-refractivity contribution >= 4 is 27.7 Å². The largest absolute Gasteiger partial charge is 0.469 e. The van der Waals surface area contributed by atoms with E-state index in [-0.39, 0.29) is 29.7 Å². The second-order valence-corrected chi connectivity index (χ2v) is 11.8. The van der Waals surface area contributed by atoms with Gasteiger partial charge in [-0.25, -0.2) is 9.37 Å². The highest BCUT2D eigenvalue weighted by atomic mass is 32.2. The maximum absolute atomic E-state index is 13.1. The van der Waals surface area contributed by atoms with E-state index in [1.54, 1.807) is 24.3 Å². The number of Topliss-reactive ketones (excluding diaryl/α,β-unsaturated/α-hetero) is 1. The van der Waals surface area contributed by atoms with Crippen molar-refractivity contribution in [2.24, 2.45) is 0 Å². The number of aryl methyl sites for hydroxylation is 2. The number of halogens is 1. The number of ether oxygens (including phenoxy) is 1. The van der Waals surface area contributed by atoms with Crippen LogP contribution in [0, 0.1) is 12.7 Å². The van der Waals surface area contributed by atoms with Crippen molar-refractivity contribution < 1.29 is 26.5 Å². The third kappa shape index (κ3) is 8.09. The highest BCUT2D eigenvalue weighted by Gasteiger charge is 2.21. The molecule has 0 aliphatic heterocycles. The minimum atomic E-state index is -3.77. The van der Waals surface area contributed by atoms with Crippen LogP contribution in [-0.2, 0) is 37.7 Å². The topological polar surface area (TPSA) is 95.5 Å². The van der Waals surface area contributed by atoms with Crippen LogP contribution in [0.15, 0.2) is 58.6 Å². The third-order valence-electron chi connectivity index (χ3n) is 6.17. The van der Waals surface area contributed by atoms with Gasteiger partial charge in [0.05, 0.1) is 17.2 Å². The highest BCUT2D eigenvalue weighted by molar-refractivity contribution is 7.98. The molecule has 2 aromatic carbocycles. The Bertz CT molecular complexity index is 1350. The third-order valence-corrected chi connectivity index (χ3v) is 8.42. The van der Waals surface area contributed by atoms with Crippen molar-refractivity contribution in [1.29, 1.82) is 0 Å². The van der Waals surface area contributed by atoms with Gasteiger partial charge in [0.15, 0.2) is 10.9 Å². The van der Waals surface area contributed by atoms with Gasteiger partial charge in [0.25, 0.3) is 10.1 Å². The summed E-state index contributed by atoms with van der Waals surface area (Å²) in [6.07, 6.45) is 4.82. The number of carbonyl (C=O) groups excluding carboxylic acids is 1. The van der Waals surface area contributed by atoms with E-state index in [9.17, 15) is 17.6 Å². The lowest BCUT2D eigenvalue weighted by molar-refractivity contribution is -0.121. The molecule has 1 aliphatic rings. The number of ketones is 1. The van der Waals surface area contributed by atoms with Gasteiger partial charge in [-0.15, -0.1) is 0 Å². The second kappa shape index (κ2) is 13.3. The number of rotatable bonds is 14. The molecular formula is C28H31FN2O5S2. The Balaban J connectivity index is 1.19. The van der Waals surface area contributed by atoms with Gasteiger partial charge in [0, 0.05) is 17.7 Å². The van der Waals surface area contributed by atoms with Gasteiger partial charge < -0.3 is 4.74 Å². The zero-order chi connectivity index (χ0) is 27.0. The second-order valence-electron chi connectivity index (χ2n) is 9.23. The summed E-state index contributed by atoms with van der Waals surface area (Å²) in [6, 6.07) is 12.9. The van der Waals surface area contributed by atoms with E-state index in [1.807, 2.05) is 6.92 Å². The molecule has 0 bridgehead atoms. The van der Waals surface area contributed by atoms with Crippen molar-refractivity contribution in [3.05, 3.63) is 76.7 Å². The van der Waals surface area contributed by atoms with E-state index < -0.39 is 10.1 Å². The number of aromatic nitrogens is 2. The van der Waals surface area contributed by atoms with Crippen LogP contribution in [0.3, 0.4) is 0 Å². The van der Waals surface area contributed by atoms with Crippen molar-refractivity contribution in [3.8, 4) is 5.88 Å². The SMILES string of the molecule is Cc1ccc(S(=O)(=O)OCCCCCC(=O)COc2nc(SCc3ccc(F)cc3)nc3c2CCC3)cc1. The molecule has 38 heavy (non-hydrogen) atoms. The first-order chi connectivity index (χ1) is 18.3. The maximum Gasteiger partial charge on any atom is 0.296 e. The van der Waals surface area contributed by atoms with Crippen molar-refractivity contribution in [2.45, 2.75) is 67.7 Å². The summed E-state index contributed by atoms with van der Waals surface area (Å²) in [7, 11) is -3.77. The Morgan fingerprint density at radius 3 is 2.53 bits per heavy atom. The molecular weight excluding hydrogens is 527 g/mol. The molecule has 4 rings (SSSR count). The zero-order valence-electron chi connectivity index (χ0n) is 21.3. The minimum Gasteiger partial charge on any atom is -0.469 e. The van der Waals surface area contributed by atoms with Crippen LogP contribution >= 0.6 is 11.8 Å². The fourth-order valence-corrected chi connectivity index (χ4v) is 5.81. The Hall–Kier alpha value is -2.82. The van der Waals surface area contributed by atoms with Gasteiger partial charge in [-0.1, -0.05) is 48.0 Å². The van der Waals surface area contributed by atoms with E-state index >= 15 is 0 Å². The van der Waals surface area contributed by atoms with Crippen LogP contribution in [0.4, 0.5) is 4.39 Å². The Morgan fingerprint density at radius 2 is 1.76 bits per heavy atom. The molecule has 0 fully saturated rings. The van der Waals surface area contributed by atoms with Crippen LogP contribution in [0.5, 0.6) is 5.88 Å². The number of hydrogen-bond donors (Lipinski definition) is 0. The molecule has 0 saturated heterocycles. The van der Waals surface area contributed by atoms with Crippen molar-refractivity contribution in [3.63, 3.8) is 0 Å². The van der Waals surface area contributed by atoms with Crippen molar-refractivity contribution in [1.82, 2.24) is 9.97 Å². The highest BCUT2D eigenvalue weighted by Crippen LogP contribution is 2.31. The number of nitrogens with zero attached hydrogens (tertiary/aromatic N) is 2. The normalized spacial score (nSPS) is 12.9. The monoisotopic (exact) mass is 558 g/mol. The van der Waals surface area contributed by atoms with E-state index in [2.05, 4.69) is 9.97 Å². The van der Waals surface area contributed by atoms with Crippen LogP contribution in [0.25, 0.3) is 0 Å². The minimum absolute atomic E-state index is 0.0379. The molecule has 0 amide bonds.